The average Bonchev–Trinajstić information content (AvgIpc) is 3.25. The molecule has 1 aliphatic carbocycles. The van der Waals surface area contributed by atoms with E-state index in [1.807, 2.05) is 55.8 Å². The first-order valence-corrected chi connectivity index (χ1v) is 10.7. The van der Waals surface area contributed by atoms with Crippen LogP contribution in [0.15, 0.2) is 47.7 Å². The van der Waals surface area contributed by atoms with Gasteiger partial charge in [0.2, 0.25) is 0 Å². The Morgan fingerprint density at radius 1 is 1.14 bits per heavy atom. The summed E-state index contributed by atoms with van der Waals surface area (Å²) in [5, 5.41) is 12.5. The van der Waals surface area contributed by atoms with Crippen molar-refractivity contribution in [2.75, 3.05) is 0 Å². The first-order chi connectivity index (χ1) is 13.8. The Morgan fingerprint density at radius 2 is 1.90 bits per heavy atom. The molecule has 0 spiro atoms. The van der Waals surface area contributed by atoms with E-state index in [-0.39, 0.29) is 17.0 Å². The third kappa shape index (κ3) is 2.96. The van der Waals surface area contributed by atoms with Gasteiger partial charge in [-0.05, 0) is 35.2 Å². The molecule has 1 aliphatic rings. The number of carbonyl (C=O) groups is 1. The summed E-state index contributed by atoms with van der Waals surface area (Å²) in [7, 11) is 0. The number of aliphatic hydroxyl groups excluding tert-OH is 1. The number of fused-ring (bicyclic) bond motifs is 3. The lowest BCUT2D eigenvalue weighted by Crippen LogP contribution is -2.25. The lowest BCUT2D eigenvalue weighted by atomic mass is 9.74. The van der Waals surface area contributed by atoms with Crippen molar-refractivity contribution in [3.63, 3.8) is 0 Å². The molecule has 2 aromatic heterocycles. The molecule has 0 atom stereocenters. The molecule has 2 heterocycles. The van der Waals surface area contributed by atoms with Crippen LogP contribution in [0.4, 0.5) is 0 Å². The van der Waals surface area contributed by atoms with Crippen LogP contribution in [0.2, 0.25) is 5.02 Å². The second-order valence-corrected chi connectivity index (χ2v) is 9.62. The molecule has 6 heteroatoms. The Kier molecular flexibility index (Phi) is 4.09. The van der Waals surface area contributed by atoms with E-state index in [1.54, 1.807) is 11.3 Å². The van der Waals surface area contributed by atoms with E-state index in [0.29, 0.717) is 23.4 Å². The zero-order chi connectivity index (χ0) is 20.3. The van der Waals surface area contributed by atoms with E-state index in [1.165, 1.54) is 0 Å². The van der Waals surface area contributed by atoms with Gasteiger partial charge in [-0.2, -0.15) is 0 Å². The summed E-state index contributed by atoms with van der Waals surface area (Å²) in [5.74, 6) is 0.125. The van der Waals surface area contributed by atoms with Gasteiger partial charge in [0.25, 0.3) is 0 Å². The maximum Gasteiger partial charge on any atom is 0.167 e. The third-order valence-corrected chi connectivity index (χ3v) is 6.61. The monoisotopic (exact) mass is 422 g/mol. The summed E-state index contributed by atoms with van der Waals surface area (Å²) in [4.78, 5) is 21.1. The molecule has 29 heavy (non-hydrogen) atoms. The standard InChI is InChI=1S/C23H19ClN2O2S/c1-23(2)9-16(27)19(17(28)10-23)20-18-14(7-8-15-22(18)29-11-25-15)26-21(20)12-3-5-13(24)6-4-12/h3-8,11,26-27H,9-10H2,1-2H3. The molecule has 5 rings (SSSR count). The lowest BCUT2D eigenvalue weighted by molar-refractivity contribution is -0.116. The summed E-state index contributed by atoms with van der Waals surface area (Å²) in [6, 6.07) is 11.5. The van der Waals surface area contributed by atoms with Gasteiger partial charge in [0, 0.05) is 34.3 Å². The normalized spacial score (nSPS) is 16.9. The second kappa shape index (κ2) is 6.44. The number of hydrogen-bond acceptors (Lipinski definition) is 4. The van der Waals surface area contributed by atoms with Gasteiger partial charge in [0.05, 0.1) is 27.0 Å². The van der Waals surface area contributed by atoms with E-state index in [0.717, 1.165) is 37.9 Å². The lowest BCUT2D eigenvalue weighted by Gasteiger charge is -2.29. The minimum Gasteiger partial charge on any atom is -0.512 e. The number of benzene rings is 2. The van der Waals surface area contributed by atoms with Gasteiger partial charge in [0.1, 0.15) is 5.76 Å². The Bertz CT molecular complexity index is 1310. The predicted molar refractivity (Wildman–Crippen MR) is 119 cm³/mol. The number of carbonyl (C=O) groups excluding carboxylic acids is 1. The van der Waals surface area contributed by atoms with E-state index in [2.05, 4.69) is 9.97 Å². The number of aliphatic hydroxyl groups is 1. The molecule has 2 aromatic carbocycles. The highest BCUT2D eigenvalue weighted by atomic mass is 35.5. The number of hydrogen-bond donors (Lipinski definition) is 2. The van der Waals surface area contributed by atoms with Crippen LogP contribution in [-0.2, 0) is 4.79 Å². The molecule has 4 aromatic rings. The third-order valence-electron chi connectivity index (χ3n) is 5.49. The van der Waals surface area contributed by atoms with Crippen LogP contribution < -0.4 is 0 Å². The van der Waals surface area contributed by atoms with Gasteiger partial charge in [-0.3, -0.25) is 4.79 Å². The zero-order valence-corrected chi connectivity index (χ0v) is 17.6. The van der Waals surface area contributed by atoms with Gasteiger partial charge in [-0.25, -0.2) is 4.98 Å². The summed E-state index contributed by atoms with van der Waals surface area (Å²) < 4.78 is 1.01. The number of rotatable bonds is 2. The fourth-order valence-electron chi connectivity index (χ4n) is 4.26. The van der Waals surface area contributed by atoms with E-state index >= 15 is 0 Å². The number of halogens is 1. The van der Waals surface area contributed by atoms with Crippen LogP contribution in [0, 0.1) is 5.41 Å². The van der Waals surface area contributed by atoms with Gasteiger partial charge in [-0.1, -0.05) is 37.6 Å². The smallest absolute Gasteiger partial charge is 0.167 e. The SMILES string of the molecule is CC1(C)CC(=O)C(c2c(-c3ccc(Cl)cc3)[nH]c3ccc4ncsc4c23)=C(O)C1. The zero-order valence-electron chi connectivity index (χ0n) is 16.0. The van der Waals surface area contributed by atoms with Crippen LogP contribution >= 0.6 is 22.9 Å². The Hall–Kier alpha value is -2.63. The molecule has 146 valence electrons. The molecule has 0 fully saturated rings. The van der Waals surface area contributed by atoms with E-state index in [4.69, 9.17) is 11.6 Å². The first kappa shape index (κ1) is 18.4. The Balaban J connectivity index is 1.89. The summed E-state index contributed by atoms with van der Waals surface area (Å²) in [6.07, 6.45) is 0.872. The minimum absolute atomic E-state index is 0.0311. The molecule has 0 saturated heterocycles. The van der Waals surface area contributed by atoms with Crippen LogP contribution in [0.5, 0.6) is 0 Å². The van der Waals surface area contributed by atoms with Crippen LogP contribution in [0.25, 0.3) is 38.0 Å². The molecular formula is C23H19ClN2O2S. The van der Waals surface area contributed by atoms with Crippen LogP contribution in [0.3, 0.4) is 0 Å². The van der Waals surface area contributed by atoms with Crippen molar-refractivity contribution in [1.82, 2.24) is 9.97 Å². The molecular weight excluding hydrogens is 404 g/mol. The van der Waals surface area contributed by atoms with Gasteiger partial charge < -0.3 is 10.1 Å². The van der Waals surface area contributed by atoms with Crippen molar-refractivity contribution in [2.45, 2.75) is 26.7 Å². The molecule has 4 nitrogen and oxygen atoms in total. The van der Waals surface area contributed by atoms with Crippen molar-refractivity contribution in [3.8, 4) is 11.3 Å². The molecule has 0 amide bonds. The van der Waals surface area contributed by atoms with Crippen LogP contribution in [-0.4, -0.2) is 20.9 Å². The highest BCUT2D eigenvalue weighted by Gasteiger charge is 2.36. The fourth-order valence-corrected chi connectivity index (χ4v) is 5.23. The topological polar surface area (TPSA) is 66.0 Å². The number of aromatic amines is 1. The molecule has 2 N–H and O–H groups in total. The highest BCUT2D eigenvalue weighted by Crippen LogP contribution is 2.46. The molecule has 0 aliphatic heterocycles. The van der Waals surface area contributed by atoms with Crippen molar-refractivity contribution in [1.29, 1.82) is 0 Å². The maximum atomic E-state index is 13.2. The quantitative estimate of drug-likeness (QED) is 0.375. The van der Waals surface area contributed by atoms with Crippen molar-refractivity contribution in [2.24, 2.45) is 5.41 Å². The summed E-state index contributed by atoms with van der Waals surface area (Å²) >= 11 is 7.63. The minimum atomic E-state index is -0.253. The van der Waals surface area contributed by atoms with Crippen molar-refractivity contribution in [3.05, 3.63) is 58.3 Å². The number of H-pyrrole nitrogens is 1. The van der Waals surface area contributed by atoms with Gasteiger partial charge >= 0.3 is 0 Å². The number of nitrogens with zero attached hydrogens (tertiary/aromatic N) is 1. The average molecular weight is 423 g/mol. The number of allylic oxidation sites excluding steroid dienone is 2. The Labute approximate surface area is 176 Å². The van der Waals surface area contributed by atoms with E-state index < -0.39 is 0 Å². The molecule has 0 unspecified atom stereocenters. The fraction of sp³-hybridized carbons (Fsp3) is 0.217. The molecule has 0 bridgehead atoms. The van der Waals surface area contributed by atoms with Gasteiger partial charge in [0.15, 0.2) is 5.78 Å². The van der Waals surface area contributed by atoms with Crippen molar-refractivity contribution >= 4 is 55.4 Å². The largest absolute Gasteiger partial charge is 0.512 e. The number of nitrogens with one attached hydrogen (secondary N) is 1. The first-order valence-electron chi connectivity index (χ1n) is 9.43. The summed E-state index contributed by atoms with van der Waals surface area (Å²) in [5.41, 5.74) is 6.26. The van der Waals surface area contributed by atoms with Gasteiger partial charge in [-0.15, -0.1) is 11.3 Å². The van der Waals surface area contributed by atoms with Crippen LogP contribution in [0.1, 0.15) is 32.3 Å². The number of ketones is 1. The van der Waals surface area contributed by atoms with E-state index in [9.17, 15) is 9.90 Å². The Morgan fingerprint density at radius 3 is 2.62 bits per heavy atom. The predicted octanol–water partition coefficient (Wildman–Crippen LogP) is 6.76. The summed E-state index contributed by atoms with van der Waals surface area (Å²) in [6.45, 7) is 4.02. The number of thiazole rings is 1. The number of aromatic nitrogens is 2. The van der Waals surface area contributed by atoms with Crippen molar-refractivity contribution < 1.29 is 9.90 Å². The molecule has 0 radical (unpaired) electrons. The highest BCUT2D eigenvalue weighted by molar-refractivity contribution is 7.17. The number of Topliss-reactive ketones (excluding diaryl/α,β-unsaturated/α-hetero) is 1. The second-order valence-electron chi connectivity index (χ2n) is 8.33. The maximum absolute atomic E-state index is 13.2. The molecule has 0 saturated carbocycles.